The summed E-state index contributed by atoms with van der Waals surface area (Å²) in [6.45, 7) is 9.44. The summed E-state index contributed by atoms with van der Waals surface area (Å²) in [5.41, 5.74) is 0.626. The van der Waals surface area contributed by atoms with E-state index in [1.54, 1.807) is 0 Å². The van der Waals surface area contributed by atoms with Crippen LogP contribution in [0.3, 0.4) is 0 Å². The van der Waals surface area contributed by atoms with Gasteiger partial charge in [0, 0.05) is 0 Å². The Morgan fingerprint density at radius 1 is 0.588 bits per heavy atom. The molecule has 0 fully saturated rings. The van der Waals surface area contributed by atoms with Crippen molar-refractivity contribution in [2.45, 2.75) is 105 Å². The fourth-order valence-electron chi connectivity index (χ4n) is 2.47. The van der Waals surface area contributed by atoms with E-state index in [0.29, 0.717) is 5.41 Å². The summed E-state index contributed by atoms with van der Waals surface area (Å²) in [7, 11) is 0. The maximum Gasteiger partial charge on any atom is -0.0331 e. The zero-order chi connectivity index (χ0) is 13.0. The molecule has 0 aromatic heterocycles. The normalized spacial score (nSPS) is 12.0. The van der Waals surface area contributed by atoms with E-state index in [1.807, 2.05) is 0 Å². The number of hydrogen-bond donors (Lipinski definition) is 0. The summed E-state index contributed by atoms with van der Waals surface area (Å²) in [5.74, 6) is 0. The molecule has 0 saturated carbocycles. The average molecular weight is 240 g/mol. The topological polar surface area (TPSA) is 0 Å². The van der Waals surface area contributed by atoms with Gasteiger partial charge in [-0.25, -0.2) is 0 Å². The Balaban J connectivity index is 3.23. The van der Waals surface area contributed by atoms with Gasteiger partial charge in [-0.05, 0) is 11.8 Å². The van der Waals surface area contributed by atoms with Crippen LogP contribution in [-0.2, 0) is 0 Å². The lowest BCUT2D eigenvalue weighted by Crippen LogP contribution is -2.13. The Hall–Kier alpha value is 0. The molecular weight excluding hydrogens is 204 g/mol. The van der Waals surface area contributed by atoms with Gasteiger partial charge in [0.1, 0.15) is 0 Å². The van der Waals surface area contributed by atoms with Gasteiger partial charge in [0.15, 0.2) is 0 Å². The van der Waals surface area contributed by atoms with Crippen LogP contribution in [0.2, 0.25) is 0 Å². The second kappa shape index (κ2) is 11.1. The fourth-order valence-corrected chi connectivity index (χ4v) is 2.47. The zero-order valence-corrected chi connectivity index (χ0v) is 13.0. The van der Waals surface area contributed by atoms with E-state index < -0.39 is 0 Å². The van der Waals surface area contributed by atoms with E-state index in [1.165, 1.54) is 77.0 Å². The van der Waals surface area contributed by atoms with Crippen molar-refractivity contribution in [3.8, 4) is 0 Å². The molecule has 0 heterocycles. The minimum atomic E-state index is 0.626. The quantitative estimate of drug-likeness (QED) is 0.332. The van der Waals surface area contributed by atoms with Gasteiger partial charge in [0.25, 0.3) is 0 Å². The zero-order valence-electron chi connectivity index (χ0n) is 13.0. The van der Waals surface area contributed by atoms with Crippen molar-refractivity contribution in [1.29, 1.82) is 0 Å². The maximum atomic E-state index is 2.46. The Bertz CT molecular complexity index is 144. The van der Waals surface area contributed by atoms with Crippen molar-refractivity contribution in [2.24, 2.45) is 5.41 Å². The van der Waals surface area contributed by atoms with Crippen LogP contribution in [0.5, 0.6) is 0 Å². The van der Waals surface area contributed by atoms with E-state index in [9.17, 15) is 0 Å². The Morgan fingerprint density at radius 2 is 1.00 bits per heavy atom. The van der Waals surface area contributed by atoms with Crippen molar-refractivity contribution in [3.05, 3.63) is 0 Å². The highest BCUT2D eigenvalue weighted by Crippen LogP contribution is 2.31. The highest BCUT2D eigenvalue weighted by atomic mass is 14.2. The van der Waals surface area contributed by atoms with Gasteiger partial charge in [-0.15, -0.1) is 0 Å². The molecule has 0 heteroatoms. The van der Waals surface area contributed by atoms with E-state index in [4.69, 9.17) is 0 Å². The number of unbranched alkanes of at least 4 members (excludes halogenated alkanes) is 8. The predicted molar refractivity (Wildman–Crippen MR) is 80.5 cm³/mol. The first-order valence-corrected chi connectivity index (χ1v) is 8.18. The van der Waals surface area contributed by atoms with Crippen LogP contribution in [0.25, 0.3) is 0 Å². The van der Waals surface area contributed by atoms with Crippen LogP contribution in [0, 0.1) is 5.41 Å². The molecule has 0 aliphatic carbocycles. The van der Waals surface area contributed by atoms with Crippen LogP contribution in [-0.4, -0.2) is 0 Å². The third-order valence-electron chi connectivity index (χ3n) is 4.59. The monoisotopic (exact) mass is 240 g/mol. The lowest BCUT2D eigenvalue weighted by atomic mass is 9.80. The Labute approximate surface area is 111 Å². The molecule has 0 unspecified atom stereocenters. The molecule has 0 aromatic rings. The molecular formula is C17H36. The molecule has 0 radical (unpaired) electrons. The molecule has 0 saturated heterocycles. The lowest BCUT2D eigenvalue weighted by molar-refractivity contribution is 0.261. The summed E-state index contributed by atoms with van der Waals surface area (Å²) in [6, 6.07) is 0. The average Bonchev–Trinajstić information content (AvgIpc) is 2.36. The minimum Gasteiger partial charge on any atom is -0.0654 e. The van der Waals surface area contributed by atoms with E-state index in [-0.39, 0.29) is 0 Å². The van der Waals surface area contributed by atoms with Gasteiger partial charge in [-0.2, -0.15) is 0 Å². The van der Waals surface area contributed by atoms with Gasteiger partial charge in [0.05, 0.1) is 0 Å². The van der Waals surface area contributed by atoms with Crippen molar-refractivity contribution in [2.75, 3.05) is 0 Å². The first kappa shape index (κ1) is 17.0. The van der Waals surface area contributed by atoms with Crippen molar-refractivity contribution in [1.82, 2.24) is 0 Å². The summed E-state index contributed by atoms with van der Waals surface area (Å²) in [4.78, 5) is 0. The molecule has 0 atom stereocenters. The molecule has 0 rings (SSSR count). The molecule has 0 aromatic carbocycles. The van der Waals surface area contributed by atoms with Gasteiger partial charge in [0.2, 0.25) is 0 Å². The van der Waals surface area contributed by atoms with E-state index >= 15 is 0 Å². The van der Waals surface area contributed by atoms with Gasteiger partial charge < -0.3 is 0 Å². The van der Waals surface area contributed by atoms with Crippen LogP contribution in [0.15, 0.2) is 0 Å². The van der Waals surface area contributed by atoms with Gasteiger partial charge in [-0.3, -0.25) is 0 Å². The van der Waals surface area contributed by atoms with Crippen molar-refractivity contribution in [3.63, 3.8) is 0 Å². The van der Waals surface area contributed by atoms with Crippen LogP contribution < -0.4 is 0 Å². The van der Waals surface area contributed by atoms with Crippen LogP contribution in [0.1, 0.15) is 105 Å². The van der Waals surface area contributed by atoms with Crippen molar-refractivity contribution >= 4 is 0 Å². The fraction of sp³-hybridized carbons (Fsp3) is 1.00. The molecule has 0 spiro atoms. The third-order valence-corrected chi connectivity index (χ3v) is 4.59. The van der Waals surface area contributed by atoms with Gasteiger partial charge >= 0.3 is 0 Å². The third kappa shape index (κ3) is 9.68. The molecule has 0 aliphatic heterocycles. The van der Waals surface area contributed by atoms with Gasteiger partial charge in [-0.1, -0.05) is 98.3 Å². The lowest BCUT2D eigenvalue weighted by Gasteiger charge is -2.26. The number of rotatable bonds is 12. The summed E-state index contributed by atoms with van der Waals surface area (Å²) in [5, 5.41) is 0. The van der Waals surface area contributed by atoms with E-state index in [2.05, 4.69) is 27.7 Å². The standard InChI is InChI=1S/C17H36/c1-5-8-9-10-11-12-13-14-15-16-17(4,6-2)7-3/h5-16H2,1-4H3. The molecule has 0 bridgehead atoms. The Morgan fingerprint density at radius 3 is 1.41 bits per heavy atom. The molecule has 0 N–H and O–H groups in total. The molecule has 104 valence electrons. The summed E-state index contributed by atoms with van der Waals surface area (Å²) >= 11 is 0. The first-order chi connectivity index (χ1) is 8.18. The predicted octanol–water partition coefficient (Wildman–Crippen LogP) is 6.73. The SMILES string of the molecule is CCCCCCCCCCCC(C)(CC)CC. The molecule has 0 aliphatic rings. The first-order valence-electron chi connectivity index (χ1n) is 8.18. The summed E-state index contributed by atoms with van der Waals surface area (Å²) < 4.78 is 0. The minimum absolute atomic E-state index is 0.626. The Kier molecular flexibility index (Phi) is 11.1. The number of hydrogen-bond acceptors (Lipinski definition) is 0. The molecule has 17 heavy (non-hydrogen) atoms. The smallest absolute Gasteiger partial charge is 0.0331 e. The maximum absolute atomic E-state index is 2.46. The highest BCUT2D eigenvalue weighted by Gasteiger charge is 2.18. The summed E-state index contributed by atoms with van der Waals surface area (Å²) in [6.07, 6.45) is 17.2. The van der Waals surface area contributed by atoms with Crippen LogP contribution >= 0.6 is 0 Å². The molecule has 0 nitrogen and oxygen atoms in total. The highest BCUT2D eigenvalue weighted by molar-refractivity contribution is 4.70. The largest absolute Gasteiger partial charge is 0.0654 e. The second-order valence-electron chi connectivity index (χ2n) is 6.10. The second-order valence-corrected chi connectivity index (χ2v) is 6.10. The molecule has 0 amide bonds. The van der Waals surface area contributed by atoms with Crippen LogP contribution in [0.4, 0.5) is 0 Å². The van der Waals surface area contributed by atoms with Crippen molar-refractivity contribution < 1.29 is 0 Å². The van der Waals surface area contributed by atoms with E-state index in [0.717, 1.165) is 0 Å².